The van der Waals surface area contributed by atoms with E-state index in [1.807, 2.05) is 0 Å². The highest BCUT2D eigenvalue weighted by Gasteiger charge is 2.20. The topological polar surface area (TPSA) is 47.8 Å². The van der Waals surface area contributed by atoms with Gasteiger partial charge in [-0.3, -0.25) is 4.79 Å². The highest BCUT2D eigenvalue weighted by Crippen LogP contribution is 2.32. The SMILES string of the molecule is C#CCn1nnc2sc3c(c2c1=O)CCCC3. The molecule has 0 bridgehead atoms. The number of hydrogen-bond donors (Lipinski definition) is 0. The fourth-order valence-electron chi connectivity index (χ4n) is 2.30. The summed E-state index contributed by atoms with van der Waals surface area (Å²) in [6, 6.07) is 0. The highest BCUT2D eigenvalue weighted by molar-refractivity contribution is 7.18. The highest BCUT2D eigenvalue weighted by atomic mass is 32.1. The van der Waals surface area contributed by atoms with Crippen LogP contribution in [0.25, 0.3) is 10.2 Å². The van der Waals surface area contributed by atoms with E-state index < -0.39 is 0 Å². The van der Waals surface area contributed by atoms with Gasteiger partial charge in [0.25, 0.3) is 5.56 Å². The fourth-order valence-corrected chi connectivity index (χ4v) is 3.49. The first-order valence-corrected chi connectivity index (χ1v) is 6.44. The predicted molar refractivity (Wildman–Crippen MR) is 67.2 cm³/mol. The fraction of sp³-hybridized carbons (Fsp3) is 0.417. The summed E-state index contributed by atoms with van der Waals surface area (Å²) < 4.78 is 1.27. The molecule has 1 aliphatic carbocycles. The normalized spacial score (nSPS) is 14.5. The van der Waals surface area contributed by atoms with Crippen LogP contribution >= 0.6 is 11.3 Å². The smallest absolute Gasteiger partial charge is 0.267 e. The van der Waals surface area contributed by atoms with E-state index in [-0.39, 0.29) is 12.1 Å². The molecule has 1 aliphatic rings. The summed E-state index contributed by atoms with van der Waals surface area (Å²) in [4.78, 5) is 14.3. The minimum Gasteiger partial charge on any atom is -0.267 e. The Morgan fingerprint density at radius 3 is 3.06 bits per heavy atom. The molecule has 0 saturated heterocycles. The van der Waals surface area contributed by atoms with Gasteiger partial charge >= 0.3 is 0 Å². The number of hydrogen-bond acceptors (Lipinski definition) is 4. The zero-order valence-electron chi connectivity index (χ0n) is 9.27. The lowest BCUT2D eigenvalue weighted by molar-refractivity contribution is 0.620. The standard InChI is InChI=1S/C12H11N3OS/c1-2-7-15-12(16)10-8-5-3-4-6-9(8)17-11(10)13-14-15/h1H,3-7H2. The summed E-state index contributed by atoms with van der Waals surface area (Å²) in [6.45, 7) is 0.187. The van der Waals surface area contributed by atoms with Gasteiger partial charge in [0.05, 0.1) is 5.39 Å². The average Bonchev–Trinajstić information content (AvgIpc) is 2.72. The number of thiophene rings is 1. The van der Waals surface area contributed by atoms with Crippen molar-refractivity contribution < 1.29 is 0 Å². The summed E-state index contributed by atoms with van der Waals surface area (Å²) in [5, 5.41) is 8.71. The first kappa shape index (κ1) is 10.5. The van der Waals surface area contributed by atoms with Crippen molar-refractivity contribution in [3.8, 4) is 12.3 Å². The van der Waals surface area contributed by atoms with Gasteiger partial charge in [0.15, 0.2) is 4.83 Å². The molecule has 0 aromatic carbocycles. The molecule has 0 unspecified atom stereocenters. The molecule has 0 radical (unpaired) electrons. The van der Waals surface area contributed by atoms with Crippen LogP contribution in [0, 0.1) is 12.3 Å². The maximum Gasteiger partial charge on any atom is 0.279 e. The number of aromatic nitrogens is 3. The molecule has 86 valence electrons. The molecule has 0 amide bonds. The van der Waals surface area contributed by atoms with Gasteiger partial charge in [-0.15, -0.1) is 22.9 Å². The summed E-state index contributed by atoms with van der Waals surface area (Å²) in [7, 11) is 0. The van der Waals surface area contributed by atoms with E-state index in [4.69, 9.17) is 6.42 Å². The quantitative estimate of drug-likeness (QED) is 0.713. The van der Waals surface area contributed by atoms with Gasteiger partial charge in [-0.25, -0.2) is 0 Å². The van der Waals surface area contributed by atoms with E-state index in [0.29, 0.717) is 0 Å². The van der Waals surface area contributed by atoms with Crippen LogP contribution in [0.15, 0.2) is 4.79 Å². The Hall–Kier alpha value is -1.67. The summed E-state index contributed by atoms with van der Waals surface area (Å²) in [5.74, 6) is 2.43. The van der Waals surface area contributed by atoms with Gasteiger partial charge < -0.3 is 0 Å². The van der Waals surface area contributed by atoms with Gasteiger partial charge in [0, 0.05) is 4.88 Å². The van der Waals surface area contributed by atoms with E-state index in [9.17, 15) is 4.79 Å². The first-order valence-electron chi connectivity index (χ1n) is 5.63. The van der Waals surface area contributed by atoms with Crippen molar-refractivity contribution >= 4 is 21.6 Å². The van der Waals surface area contributed by atoms with Crippen molar-refractivity contribution in [2.45, 2.75) is 32.2 Å². The molecular weight excluding hydrogens is 234 g/mol. The molecule has 3 rings (SSSR count). The first-order chi connectivity index (χ1) is 8.31. The molecule has 0 N–H and O–H groups in total. The van der Waals surface area contributed by atoms with Crippen LogP contribution in [0.4, 0.5) is 0 Å². The third kappa shape index (κ3) is 1.56. The summed E-state index contributed by atoms with van der Waals surface area (Å²) in [5.41, 5.74) is 1.09. The van der Waals surface area contributed by atoms with Crippen LogP contribution < -0.4 is 5.56 Å². The van der Waals surface area contributed by atoms with E-state index in [1.54, 1.807) is 11.3 Å². The van der Waals surface area contributed by atoms with Crippen molar-refractivity contribution in [1.82, 2.24) is 15.0 Å². The van der Waals surface area contributed by atoms with Crippen molar-refractivity contribution in [2.24, 2.45) is 0 Å². The molecule has 5 heteroatoms. The molecule has 0 fully saturated rings. The second kappa shape index (κ2) is 3.97. The molecule has 0 aliphatic heterocycles. The van der Waals surface area contributed by atoms with E-state index in [2.05, 4.69) is 16.2 Å². The van der Waals surface area contributed by atoms with Crippen LogP contribution in [0.2, 0.25) is 0 Å². The van der Waals surface area contributed by atoms with Crippen molar-refractivity contribution in [3.05, 3.63) is 20.8 Å². The minimum atomic E-state index is -0.0904. The second-order valence-electron chi connectivity index (χ2n) is 4.15. The van der Waals surface area contributed by atoms with Gasteiger partial charge in [0.1, 0.15) is 6.54 Å². The number of terminal acetylenes is 1. The maximum absolute atomic E-state index is 12.2. The second-order valence-corrected chi connectivity index (χ2v) is 5.23. The number of aryl methyl sites for hydroxylation is 2. The van der Waals surface area contributed by atoms with Crippen LogP contribution in [0.3, 0.4) is 0 Å². The van der Waals surface area contributed by atoms with Gasteiger partial charge in [-0.05, 0) is 31.2 Å². The Morgan fingerprint density at radius 2 is 2.24 bits per heavy atom. The van der Waals surface area contributed by atoms with Crippen LogP contribution in [-0.4, -0.2) is 15.0 Å². The zero-order chi connectivity index (χ0) is 11.8. The molecule has 4 nitrogen and oxygen atoms in total. The lowest BCUT2D eigenvalue weighted by Gasteiger charge is -2.09. The van der Waals surface area contributed by atoms with Crippen LogP contribution in [0.1, 0.15) is 23.3 Å². The number of rotatable bonds is 1. The Labute approximate surface area is 102 Å². The predicted octanol–water partition coefficient (Wildman–Crippen LogP) is 1.36. The van der Waals surface area contributed by atoms with Crippen LogP contribution in [-0.2, 0) is 19.4 Å². The van der Waals surface area contributed by atoms with Crippen molar-refractivity contribution in [1.29, 1.82) is 0 Å². The summed E-state index contributed by atoms with van der Waals surface area (Å²) >= 11 is 1.60. The third-order valence-electron chi connectivity index (χ3n) is 3.09. The molecule has 0 atom stereocenters. The van der Waals surface area contributed by atoms with E-state index >= 15 is 0 Å². The van der Waals surface area contributed by atoms with E-state index in [1.165, 1.54) is 21.5 Å². The van der Waals surface area contributed by atoms with Crippen molar-refractivity contribution in [3.63, 3.8) is 0 Å². The number of fused-ring (bicyclic) bond motifs is 3. The average molecular weight is 245 g/mol. The molecule has 0 saturated carbocycles. The molecule has 2 heterocycles. The Kier molecular flexibility index (Phi) is 2.45. The summed E-state index contributed by atoms with van der Waals surface area (Å²) in [6.07, 6.45) is 9.60. The molecule has 2 aromatic rings. The molecule has 17 heavy (non-hydrogen) atoms. The molecule has 2 aromatic heterocycles. The lowest BCUT2D eigenvalue weighted by atomic mass is 9.97. The van der Waals surface area contributed by atoms with Crippen molar-refractivity contribution in [2.75, 3.05) is 0 Å². The molecular formula is C12H11N3OS. The minimum absolute atomic E-state index is 0.0904. The third-order valence-corrected chi connectivity index (χ3v) is 4.26. The van der Waals surface area contributed by atoms with Crippen LogP contribution in [0.5, 0.6) is 0 Å². The Bertz CT molecular complexity index is 677. The van der Waals surface area contributed by atoms with E-state index in [0.717, 1.165) is 29.5 Å². The number of nitrogens with zero attached hydrogens (tertiary/aromatic N) is 3. The maximum atomic E-state index is 12.2. The van der Waals surface area contributed by atoms with Gasteiger partial charge in [-0.1, -0.05) is 11.1 Å². The zero-order valence-corrected chi connectivity index (χ0v) is 10.1. The van der Waals surface area contributed by atoms with Gasteiger partial charge in [0.2, 0.25) is 0 Å². The Morgan fingerprint density at radius 1 is 1.41 bits per heavy atom. The monoisotopic (exact) mass is 245 g/mol. The Balaban J connectivity index is 2.31. The largest absolute Gasteiger partial charge is 0.279 e. The molecule has 0 spiro atoms. The lowest BCUT2D eigenvalue weighted by Crippen LogP contribution is -2.24. The van der Waals surface area contributed by atoms with Gasteiger partial charge in [-0.2, -0.15) is 4.68 Å².